The van der Waals surface area contributed by atoms with Crippen molar-refractivity contribution in [3.05, 3.63) is 70.7 Å². The van der Waals surface area contributed by atoms with Gasteiger partial charge in [0, 0.05) is 34.9 Å². The molecule has 0 bridgehead atoms. The standard InChI is InChI=1S/C18H19N3O/c1-3-4-17-16(11-13(2)18(22)20-17)14-5-7-15(8-6-14)21-10-9-19-12-21/h5-12H,3-4H2,1-2H3,(H,20,22). The Morgan fingerprint density at radius 1 is 1.23 bits per heavy atom. The molecule has 0 atom stereocenters. The Kier molecular flexibility index (Phi) is 3.92. The zero-order chi connectivity index (χ0) is 15.5. The number of hydrogen-bond acceptors (Lipinski definition) is 2. The Balaban J connectivity index is 2.03. The first-order valence-electron chi connectivity index (χ1n) is 7.50. The van der Waals surface area contributed by atoms with Crippen LogP contribution in [0.5, 0.6) is 0 Å². The summed E-state index contributed by atoms with van der Waals surface area (Å²) in [6.07, 6.45) is 7.33. The molecule has 1 N–H and O–H groups in total. The van der Waals surface area contributed by atoms with Gasteiger partial charge in [0.2, 0.25) is 0 Å². The van der Waals surface area contributed by atoms with Crippen LogP contribution in [0.15, 0.2) is 53.8 Å². The van der Waals surface area contributed by atoms with Crippen LogP contribution in [0.1, 0.15) is 24.6 Å². The van der Waals surface area contributed by atoms with Crippen LogP contribution in [-0.2, 0) is 6.42 Å². The van der Waals surface area contributed by atoms with E-state index in [1.807, 2.05) is 23.8 Å². The van der Waals surface area contributed by atoms with Crippen molar-refractivity contribution >= 4 is 0 Å². The van der Waals surface area contributed by atoms with Crippen LogP contribution in [0.25, 0.3) is 16.8 Å². The molecule has 2 heterocycles. The first-order chi connectivity index (χ1) is 10.7. The predicted octanol–water partition coefficient (Wildman–Crippen LogP) is 3.49. The fourth-order valence-corrected chi connectivity index (χ4v) is 2.60. The maximum absolute atomic E-state index is 11.8. The van der Waals surface area contributed by atoms with E-state index in [9.17, 15) is 4.79 Å². The van der Waals surface area contributed by atoms with Crippen molar-refractivity contribution < 1.29 is 0 Å². The first-order valence-corrected chi connectivity index (χ1v) is 7.50. The van der Waals surface area contributed by atoms with Crippen LogP contribution in [-0.4, -0.2) is 14.5 Å². The van der Waals surface area contributed by atoms with E-state index in [2.05, 4.69) is 41.2 Å². The summed E-state index contributed by atoms with van der Waals surface area (Å²) in [5.41, 5.74) is 5.05. The Morgan fingerprint density at radius 3 is 2.64 bits per heavy atom. The van der Waals surface area contributed by atoms with Gasteiger partial charge in [0.05, 0.1) is 6.33 Å². The maximum atomic E-state index is 11.8. The van der Waals surface area contributed by atoms with E-state index in [0.717, 1.165) is 40.9 Å². The Hall–Kier alpha value is -2.62. The summed E-state index contributed by atoms with van der Waals surface area (Å²) < 4.78 is 1.97. The molecule has 22 heavy (non-hydrogen) atoms. The summed E-state index contributed by atoms with van der Waals surface area (Å²) in [7, 11) is 0. The van der Waals surface area contributed by atoms with Crippen LogP contribution in [0, 0.1) is 6.92 Å². The lowest BCUT2D eigenvalue weighted by Gasteiger charge is -2.11. The number of aromatic nitrogens is 3. The van der Waals surface area contributed by atoms with Crippen LogP contribution >= 0.6 is 0 Å². The highest BCUT2D eigenvalue weighted by atomic mass is 16.1. The molecule has 0 spiro atoms. The normalized spacial score (nSPS) is 10.8. The number of imidazole rings is 1. The third-order valence-electron chi connectivity index (χ3n) is 3.79. The van der Waals surface area contributed by atoms with Gasteiger partial charge in [-0.15, -0.1) is 0 Å². The third kappa shape index (κ3) is 2.72. The van der Waals surface area contributed by atoms with E-state index in [0.29, 0.717) is 0 Å². The Bertz CT molecular complexity index is 815. The molecule has 0 saturated heterocycles. The van der Waals surface area contributed by atoms with Crippen molar-refractivity contribution in [2.24, 2.45) is 0 Å². The van der Waals surface area contributed by atoms with Crippen molar-refractivity contribution in [2.75, 3.05) is 0 Å². The molecule has 112 valence electrons. The van der Waals surface area contributed by atoms with Gasteiger partial charge in [0.25, 0.3) is 5.56 Å². The second-order valence-electron chi connectivity index (χ2n) is 5.44. The number of aryl methyl sites for hydroxylation is 2. The summed E-state index contributed by atoms with van der Waals surface area (Å²) in [6, 6.07) is 10.3. The lowest BCUT2D eigenvalue weighted by Crippen LogP contribution is -2.13. The molecule has 0 amide bonds. The first kappa shape index (κ1) is 14.3. The second kappa shape index (κ2) is 6.02. The number of benzene rings is 1. The average Bonchev–Trinajstić information content (AvgIpc) is 3.06. The van der Waals surface area contributed by atoms with Crippen molar-refractivity contribution in [3.63, 3.8) is 0 Å². The van der Waals surface area contributed by atoms with Gasteiger partial charge in [-0.2, -0.15) is 0 Å². The molecule has 2 aromatic heterocycles. The largest absolute Gasteiger partial charge is 0.325 e. The third-order valence-corrected chi connectivity index (χ3v) is 3.79. The molecule has 0 aliphatic carbocycles. The lowest BCUT2D eigenvalue weighted by atomic mass is 9.99. The van der Waals surface area contributed by atoms with E-state index >= 15 is 0 Å². The number of H-pyrrole nitrogens is 1. The quantitative estimate of drug-likeness (QED) is 0.800. The summed E-state index contributed by atoms with van der Waals surface area (Å²) >= 11 is 0. The van der Waals surface area contributed by atoms with Gasteiger partial charge in [-0.25, -0.2) is 4.98 Å². The number of nitrogens with zero attached hydrogens (tertiary/aromatic N) is 2. The second-order valence-corrected chi connectivity index (χ2v) is 5.44. The van der Waals surface area contributed by atoms with Crippen molar-refractivity contribution in [2.45, 2.75) is 26.7 Å². The highest BCUT2D eigenvalue weighted by molar-refractivity contribution is 5.67. The highest BCUT2D eigenvalue weighted by Gasteiger charge is 2.08. The van der Waals surface area contributed by atoms with Crippen molar-refractivity contribution in [1.29, 1.82) is 0 Å². The van der Waals surface area contributed by atoms with Crippen LogP contribution < -0.4 is 5.56 Å². The molecular formula is C18H19N3O. The van der Waals surface area contributed by atoms with E-state index < -0.39 is 0 Å². The number of hydrogen-bond donors (Lipinski definition) is 1. The molecule has 0 saturated carbocycles. The highest BCUT2D eigenvalue weighted by Crippen LogP contribution is 2.24. The summed E-state index contributed by atoms with van der Waals surface area (Å²) in [4.78, 5) is 18.9. The molecule has 1 aromatic carbocycles. The smallest absolute Gasteiger partial charge is 0.251 e. The van der Waals surface area contributed by atoms with E-state index in [-0.39, 0.29) is 5.56 Å². The monoisotopic (exact) mass is 293 g/mol. The SMILES string of the molecule is CCCc1[nH]c(=O)c(C)cc1-c1ccc(-n2ccnc2)cc1. The fraction of sp³-hybridized carbons (Fsp3) is 0.222. The van der Waals surface area contributed by atoms with Crippen LogP contribution in [0.4, 0.5) is 0 Å². The minimum absolute atomic E-state index is 0.00207. The van der Waals surface area contributed by atoms with Gasteiger partial charge >= 0.3 is 0 Å². The molecule has 0 aliphatic rings. The van der Waals surface area contributed by atoms with Gasteiger partial charge in [0.1, 0.15) is 0 Å². The minimum atomic E-state index is 0.00207. The number of rotatable bonds is 4. The van der Waals surface area contributed by atoms with Crippen molar-refractivity contribution in [3.8, 4) is 16.8 Å². The molecule has 3 rings (SSSR count). The topological polar surface area (TPSA) is 50.7 Å². The molecular weight excluding hydrogens is 274 g/mol. The van der Waals surface area contributed by atoms with Gasteiger partial charge in [-0.1, -0.05) is 25.5 Å². The maximum Gasteiger partial charge on any atom is 0.251 e. The van der Waals surface area contributed by atoms with E-state index in [4.69, 9.17) is 0 Å². The fourth-order valence-electron chi connectivity index (χ4n) is 2.60. The van der Waals surface area contributed by atoms with Crippen LogP contribution in [0.3, 0.4) is 0 Å². The summed E-state index contributed by atoms with van der Waals surface area (Å²) in [5, 5.41) is 0. The lowest BCUT2D eigenvalue weighted by molar-refractivity contribution is 0.874. The number of nitrogens with one attached hydrogen (secondary N) is 1. The summed E-state index contributed by atoms with van der Waals surface area (Å²) in [6.45, 7) is 3.96. The summed E-state index contributed by atoms with van der Waals surface area (Å²) in [5.74, 6) is 0. The van der Waals surface area contributed by atoms with Gasteiger partial charge in [0.15, 0.2) is 0 Å². The molecule has 4 nitrogen and oxygen atoms in total. The van der Waals surface area contributed by atoms with Gasteiger partial charge < -0.3 is 9.55 Å². The number of pyridine rings is 1. The molecule has 0 fully saturated rings. The molecule has 3 aromatic rings. The predicted molar refractivity (Wildman–Crippen MR) is 88.4 cm³/mol. The zero-order valence-electron chi connectivity index (χ0n) is 12.8. The zero-order valence-corrected chi connectivity index (χ0v) is 12.8. The molecule has 0 aliphatic heterocycles. The number of aromatic amines is 1. The van der Waals surface area contributed by atoms with Crippen molar-refractivity contribution in [1.82, 2.24) is 14.5 Å². The van der Waals surface area contributed by atoms with Crippen LogP contribution in [0.2, 0.25) is 0 Å². The van der Waals surface area contributed by atoms with E-state index in [1.165, 1.54) is 0 Å². The molecule has 4 heteroatoms. The Labute approximate surface area is 129 Å². The average molecular weight is 293 g/mol. The van der Waals surface area contributed by atoms with E-state index in [1.54, 1.807) is 12.5 Å². The minimum Gasteiger partial charge on any atom is -0.325 e. The van der Waals surface area contributed by atoms with Gasteiger partial charge in [-0.05, 0) is 37.1 Å². The van der Waals surface area contributed by atoms with Gasteiger partial charge in [-0.3, -0.25) is 4.79 Å². The molecule has 0 unspecified atom stereocenters. The Morgan fingerprint density at radius 2 is 2.00 bits per heavy atom. The molecule has 0 radical (unpaired) electrons.